The van der Waals surface area contributed by atoms with Gasteiger partial charge in [-0.25, -0.2) is 0 Å². The molecule has 0 aromatic carbocycles. The second kappa shape index (κ2) is 2.26. The summed E-state index contributed by atoms with van der Waals surface area (Å²) in [6.07, 6.45) is 0. The van der Waals surface area contributed by atoms with Gasteiger partial charge in [-0.2, -0.15) is 0 Å². The predicted octanol–water partition coefficient (Wildman–Crippen LogP) is -0.170. The lowest BCUT2D eigenvalue weighted by molar-refractivity contribution is 0.162. The number of hydrogen-bond acceptors (Lipinski definition) is 5. The predicted molar refractivity (Wildman–Crippen MR) is 37.4 cm³/mol. The summed E-state index contributed by atoms with van der Waals surface area (Å²) in [6.45, 7) is 1.06. The molecule has 5 heteroatoms. The lowest BCUT2D eigenvalue weighted by atomic mass is 10.4. The summed E-state index contributed by atoms with van der Waals surface area (Å²) < 4.78 is 10.3. The molecule has 0 radical (unpaired) electrons. The Kier molecular flexibility index (Phi) is 1.28. The second-order valence-corrected chi connectivity index (χ2v) is 2.14. The van der Waals surface area contributed by atoms with Gasteiger partial charge in [0.05, 0.1) is 0 Å². The number of anilines is 1. The van der Waals surface area contributed by atoms with Crippen LogP contribution in [0.3, 0.4) is 0 Å². The zero-order valence-electron chi connectivity index (χ0n) is 5.78. The number of rotatable bonds is 0. The molecule has 0 spiro atoms. The highest BCUT2D eigenvalue weighted by molar-refractivity contribution is 5.42. The fourth-order valence-electron chi connectivity index (χ4n) is 0.871. The molecule has 0 fully saturated rings. The van der Waals surface area contributed by atoms with Crippen LogP contribution in [-0.2, 0) is 0 Å². The topological polar surface area (TPSA) is 70.3 Å². The Labute approximate surface area is 63.1 Å². The van der Waals surface area contributed by atoms with Crippen molar-refractivity contribution in [3.8, 4) is 11.6 Å². The smallest absolute Gasteiger partial charge is 0.276 e. The van der Waals surface area contributed by atoms with Crippen LogP contribution in [0.2, 0.25) is 0 Å². The van der Waals surface area contributed by atoms with Crippen LogP contribution >= 0.6 is 0 Å². The standard InChI is InChI=1S/C6H7N3O2/c7-5-3-4-6(9-8-5)11-2-1-10-4/h3H,1-2H2,(H2,7,8). The van der Waals surface area contributed by atoms with Gasteiger partial charge in [0.2, 0.25) is 0 Å². The largest absolute Gasteiger partial charge is 0.484 e. The minimum absolute atomic E-state index is 0.342. The summed E-state index contributed by atoms with van der Waals surface area (Å²) in [5.41, 5.74) is 5.37. The molecule has 5 nitrogen and oxygen atoms in total. The van der Waals surface area contributed by atoms with Gasteiger partial charge in [-0.3, -0.25) is 0 Å². The molecular weight excluding hydrogens is 146 g/mol. The van der Waals surface area contributed by atoms with Gasteiger partial charge in [0.15, 0.2) is 5.75 Å². The number of nitrogens with zero attached hydrogens (tertiary/aromatic N) is 2. The van der Waals surface area contributed by atoms with Crippen molar-refractivity contribution in [3.63, 3.8) is 0 Å². The molecule has 1 aliphatic heterocycles. The maximum Gasteiger partial charge on any atom is 0.276 e. The molecule has 2 N–H and O–H groups in total. The highest BCUT2D eigenvalue weighted by Gasteiger charge is 2.12. The maximum absolute atomic E-state index is 5.37. The Bertz CT molecular complexity index is 277. The van der Waals surface area contributed by atoms with E-state index in [9.17, 15) is 0 Å². The van der Waals surface area contributed by atoms with Gasteiger partial charge in [0.1, 0.15) is 19.0 Å². The third kappa shape index (κ3) is 1.04. The van der Waals surface area contributed by atoms with Crippen LogP contribution in [0.1, 0.15) is 0 Å². The third-order valence-corrected chi connectivity index (χ3v) is 1.33. The van der Waals surface area contributed by atoms with E-state index in [1.807, 2.05) is 0 Å². The molecule has 58 valence electrons. The van der Waals surface area contributed by atoms with Crippen LogP contribution in [0, 0.1) is 0 Å². The van der Waals surface area contributed by atoms with Gasteiger partial charge in [-0.05, 0) is 0 Å². The molecule has 0 unspecified atom stereocenters. The summed E-state index contributed by atoms with van der Waals surface area (Å²) >= 11 is 0. The Balaban J connectivity index is 2.43. The normalized spacial score (nSPS) is 14.5. The first kappa shape index (κ1) is 6.21. The van der Waals surface area contributed by atoms with Gasteiger partial charge in [0, 0.05) is 6.07 Å². The highest BCUT2D eigenvalue weighted by atomic mass is 16.6. The molecule has 11 heavy (non-hydrogen) atoms. The average Bonchev–Trinajstić information content (AvgIpc) is 2.04. The quantitative estimate of drug-likeness (QED) is 0.560. The summed E-state index contributed by atoms with van der Waals surface area (Å²) in [5, 5.41) is 7.31. The van der Waals surface area contributed by atoms with E-state index in [0.717, 1.165) is 0 Å². The van der Waals surface area contributed by atoms with Gasteiger partial charge in [-0.15, -0.1) is 10.2 Å². The average molecular weight is 153 g/mol. The van der Waals surface area contributed by atoms with E-state index >= 15 is 0 Å². The van der Waals surface area contributed by atoms with E-state index in [1.54, 1.807) is 6.07 Å². The number of fused-ring (bicyclic) bond motifs is 1. The van der Waals surface area contributed by atoms with E-state index in [4.69, 9.17) is 15.2 Å². The number of nitrogens with two attached hydrogens (primary N) is 1. The lowest BCUT2D eigenvalue weighted by Crippen LogP contribution is -2.17. The van der Waals surface area contributed by atoms with Crippen molar-refractivity contribution in [2.24, 2.45) is 0 Å². The van der Waals surface area contributed by atoms with E-state index in [-0.39, 0.29) is 0 Å². The highest BCUT2D eigenvalue weighted by Crippen LogP contribution is 2.26. The molecule has 0 bridgehead atoms. The minimum Gasteiger partial charge on any atom is -0.484 e. The second-order valence-electron chi connectivity index (χ2n) is 2.14. The first-order valence-corrected chi connectivity index (χ1v) is 3.25. The van der Waals surface area contributed by atoms with Crippen molar-refractivity contribution < 1.29 is 9.47 Å². The summed E-state index contributed by atoms with van der Waals surface area (Å²) in [7, 11) is 0. The molecule has 0 atom stereocenters. The molecule has 2 rings (SSSR count). The molecule has 0 amide bonds. The lowest BCUT2D eigenvalue weighted by Gasteiger charge is -2.15. The van der Waals surface area contributed by atoms with Crippen molar-refractivity contribution in [3.05, 3.63) is 6.07 Å². The van der Waals surface area contributed by atoms with E-state index in [2.05, 4.69) is 10.2 Å². The van der Waals surface area contributed by atoms with Crippen LogP contribution < -0.4 is 15.2 Å². The SMILES string of the molecule is Nc1cc2c(nn1)OCCO2. The van der Waals surface area contributed by atoms with Crippen molar-refractivity contribution in [1.29, 1.82) is 0 Å². The molecular formula is C6H7N3O2. The Morgan fingerprint density at radius 2 is 2.09 bits per heavy atom. The van der Waals surface area contributed by atoms with Gasteiger partial charge < -0.3 is 15.2 Å². The number of hydrogen-bond donors (Lipinski definition) is 1. The fourth-order valence-corrected chi connectivity index (χ4v) is 0.871. The zero-order chi connectivity index (χ0) is 7.68. The number of ether oxygens (including phenoxy) is 2. The molecule has 2 heterocycles. The van der Waals surface area contributed by atoms with Crippen LogP contribution in [0.15, 0.2) is 6.07 Å². The van der Waals surface area contributed by atoms with Crippen LogP contribution in [0.5, 0.6) is 11.6 Å². The van der Waals surface area contributed by atoms with Crippen molar-refractivity contribution in [1.82, 2.24) is 10.2 Å². The zero-order valence-corrected chi connectivity index (χ0v) is 5.78. The Hall–Kier alpha value is -1.52. The van der Waals surface area contributed by atoms with Crippen molar-refractivity contribution in [2.75, 3.05) is 18.9 Å². The summed E-state index contributed by atoms with van der Waals surface area (Å²) in [4.78, 5) is 0. The fraction of sp³-hybridized carbons (Fsp3) is 0.333. The molecule has 1 aromatic rings. The maximum atomic E-state index is 5.37. The van der Waals surface area contributed by atoms with E-state index in [1.165, 1.54) is 0 Å². The number of aromatic nitrogens is 2. The monoisotopic (exact) mass is 153 g/mol. The van der Waals surface area contributed by atoms with E-state index < -0.39 is 0 Å². The molecule has 0 aliphatic carbocycles. The Morgan fingerprint density at radius 3 is 3.00 bits per heavy atom. The summed E-state index contributed by atoms with van der Waals surface area (Å²) in [6, 6.07) is 1.60. The first-order chi connectivity index (χ1) is 5.36. The first-order valence-electron chi connectivity index (χ1n) is 3.25. The minimum atomic E-state index is 0.342. The van der Waals surface area contributed by atoms with Gasteiger partial charge in [0.25, 0.3) is 5.88 Å². The van der Waals surface area contributed by atoms with Gasteiger partial charge >= 0.3 is 0 Å². The van der Waals surface area contributed by atoms with E-state index in [0.29, 0.717) is 30.7 Å². The van der Waals surface area contributed by atoms with Gasteiger partial charge in [-0.1, -0.05) is 0 Å². The number of nitrogen functional groups attached to an aromatic ring is 1. The van der Waals surface area contributed by atoms with Crippen LogP contribution in [0.4, 0.5) is 5.82 Å². The van der Waals surface area contributed by atoms with Crippen LogP contribution in [-0.4, -0.2) is 23.4 Å². The van der Waals surface area contributed by atoms with Crippen molar-refractivity contribution in [2.45, 2.75) is 0 Å². The van der Waals surface area contributed by atoms with Crippen LogP contribution in [0.25, 0.3) is 0 Å². The molecule has 1 aromatic heterocycles. The molecule has 1 aliphatic rings. The third-order valence-electron chi connectivity index (χ3n) is 1.33. The summed E-state index contributed by atoms with van der Waals surface area (Å²) in [5.74, 6) is 1.34. The molecule has 0 saturated heterocycles. The Morgan fingerprint density at radius 1 is 1.27 bits per heavy atom. The molecule has 0 saturated carbocycles. The van der Waals surface area contributed by atoms with Crippen molar-refractivity contribution >= 4 is 5.82 Å².